The first-order chi connectivity index (χ1) is 11.7. The van der Waals surface area contributed by atoms with Crippen LogP contribution in [0.3, 0.4) is 0 Å². The zero-order valence-corrected chi connectivity index (χ0v) is 14.1. The number of ketones is 1. The quantitative estimate of drug-likeness (QED) is 0.724. The smallest absolute Gasteiger partial charge is 0.189 e. The zero-order valence-electron chi connectivity index (χ0n) is 14.1. The molecule has 0 saturated carbocycles. The van der Waals surface area contributed by atoms with E-state index in [1.807, 2.05) is 12.1 Å². The van der Waals surface area contributed by atoms with E-state index in [0.717, 1.165) is 66.1 Å². The van der Waals surface area contributed by atoms with Gasteiger partial charge in [0.25, 0.3) is 0 Å². The minimum atomic E-state index is 0.181. The van der Waals surface area contributed by atoms with Crippen LogP contribution in [0.25, 0.3) is 16.8 Å². The molecule has 1 aliphatic carbocycles. The average Bonchev–Trinajstić information content (AvgIpc) is 2.59. The van der Waals surface area contributed by atoms with E-state index in [4.69, 9.17) is 11.5 Å². The van der Waals surface area contributed by atoms with Crippen LogP contribution in [0, 0.1) is 5.92 Å². The van der Waals surface area contributed by atoms with Gasteiger partial charge in [-0.25, -0.2) is 0 Å². The molecule has 2 aromatic carbocycles. The Morgan fingerprint density at radius 2 is 1.71 bits per heavy atom. The molecule has 3 nitrogen and oxygen atoms in total. The molecule has 1 aliphatic rings. The first kappa shape index (κ1) is 16.9. The fourth-order valence-corrected chi connectivity index (χ4v) is 3.73. The van der Waals surface area contributed by atoms with Crippen molar-refractivity contribution in [2.75, 3.05) is 13.1 Å². The van der Waals surface area contributed by atoms with Crippen LogP contribution in [0.1, 0.15) is 48.0 Å². The van der Waals surface area contributed by atoms with Gasteiger partial charge >= 0.3 is 0 Å². The van der Waals surface area contributed by atoms with Crippen molar-refractivity contribution < 1.29 is 4.79 Å². The predicted molar refractivity (Wildman–Crippen MR) is 101 cm³/mol. The highest BCUT2D eigenvalue weighted by molar-refractivity contribution is 6.22. The first-order valence-electron chi connectivity index (χ1n) is 8.91. The molecule has 0 heterocycles. The molecule has 24 heavy (non-hydrogen) atoms. The summed E-state index contributed by atoms with van der Waals surface area (Å²) in [6.45, 7) is 1.40. The number of nitrogens with two attached hydrogens (primary N) is 2. The third-order valence-electron chi connectivity index (χ3n) is 4.95. The topological polar surface area (TPSA) is 69.1 Å². The predicted octanol–water partition coefficient (Wildman–Crippen LogP) is 3.90. The van der Waals surface area contributed by atoms with Gasteiger partial charge in [-0.3, -0.25) is 4.79 Å². The molecule has 126 valence electrons. The number of rotatable bonds is 8. The molecule has 0 radical (unpaired) electrons. The van der Waals surface area contributed by atoms with Crippen LogP contribution >= 0.6 is 0 Å². The van der Waals surface area contributed by atoms with Gasteiger partial charge in [-0.15, -0.1) is 0 Å². The van der Waals surface area contributed by atoms with Gasteiger partial charge in [0.05, 0.1) is 0 Å². The summed E-state index contributed by atoms with van der Waals surface area (Å²) in [4.78, 5) is 13.0. The number of Topliss-reactive ketones (excluding diaryl/α,β-unsaturated/α-hetero) is 1. The maximum atomic E-state index is 13.0. The lowest BCUT2D eigenvalue weighted by molar-refractivity contribution is 0.102. The van der Waals surface area contributed by atoms with Crippen LogP contribution in [0.2, 0.25) is 0 Å². The Bertz CT molecular complexity index is 758. The Hall–Kier alpha value is -1.97. The van der Waals surface area contributed by atoms with E-state index < -0.39 is 0 Å². The van der Waals surface area contributed by atoms with Crippen LogP contribution < -0.4 is 11.5 Å². The van der Waals surface area contributed by atoms with Crippen molar-refractivity contribution in [1.29, 1.82) is 0 Å². The summed E-state index contributed by atoms with van der Waals surface area (Å²) >= 11 is 0. The molecule has 1 atom stereocenters. The standard InChI is InChI=1S/C21H26N2O/c22-11-2-1-5-15(10-12-23)13-18-14-17-8-3-6-16-7-4-9-19(20(16)17)21(18)24/h3-4,6-9,14-15H,1-2,5,10-13,22-23H2. The van der Waals surface area contributed by atoms with Crippen molar-refractivity contribution in [2.24, 2.45) is 17.4 Å². The van der Waals surface area contributed by atoms with Crippen LogP contribution in [0.15, 0.2) is 42.0 Å². The molecule has 3 heteroatoms. The van der Waals surface area contributed by atoms with E-state index in [-0.39, 0.29) is 5.78 Å². The highest BCUT2D eigenvalue weighted by Gasteiger charge is 2.23. The summed E-state index contributed by atoms with van der Waals surface area (Å²) in [5.41, 5.74) is 14.3. The SMILES string of the molecule is NCCCCC(CCN)CC1=Cc2cccc3cccc(c23)C1=O. The summed E-state index contributed by atoms with van der Waals surface area (Å²) in [7, 11) is 0. The third-order valence-corrected chi connectivity index (χ3v) is 4.95. The maximum absolute atomic E-state index is 13.0. The van der Waals surface area contributed by atoms with Gasteiger partial charge in [-0.2, -0.15) is 0 Å². The lowest BCUT2D eigenvalue weighted by Crippen LogP contribution is -2.16. The molecule has 0 aliphatic heterocycles. The lowest BCUT2D eigenvalue weighted by Gasteiger charge is -2.21. The molecule has 0 saturated heterocycles. The van der Waals surface area contributed by atoms with Crippen molar-refractivity contribution in [3.05, 3.63) is 53.1 Å². The summed E-state index contributed by atoms with van der Waals surface area (Å²) in [5, 5.41) is 2.22. The normalized spacial score (nSPS) is 14.8. The average molecular weight is 322 g/mol. The molecule has 0 bridgehead atoms. The molecule has 4 N–H and O–H groups in total. The van der Waals surface area contributed by atoms with Gasteiger partial charge in [0.2, 0.25) is 0 Å². The summed E-state index contributed by atoms with van der Waals surface area (Å²) in [6.07, 6.45) is 7.09. The van der Waals surface area contributed by atoms with E-state index in [1.165, 1.54) is 0 Å². The van der Waals surface area contributed by atoms with Gasteiger partial charge in [0, 0.05) is 16.5 Å². The van der Waals surface area contributed by atoms with Crippen molar-refractivity contribution in [1.82, 2.24) is 0 Å². The zero-order chi connectivity index (χ0) is 16.9. The van der Waals surface area contributed by atoms with Crippen molar-refractivity contribution in [3.63, 3.8) is 0 Å². The Morgan fingerprint density at radius 3 is 2.46 bits per heavy atom. The molecular formula is C21H26N2O. The van der Waals surface area contributed by atoms with E-state index in [1.54, 1.807) is 0 Å². The number of unbranched alkanes of at least 4 members (excludes halogenated alkanes) is 1. The summed E-state index contributed by atoms with van der Waals surface area (Å²) in [6, 6.07) is 12.2. The van der Waals surface area contributed by atoms with Gasteiger partial charge in [-0.05, 0) is 55.3 Å². The second-order valence-corrected chi connectivity index (χ2v) is 6.68. The van der Waals surface area contributed by atoms with E-state index in [0.29, 0.717) is 12.5 Å². The van der Waals surface area contributed by atoms with Crippen molar-refractivity contribution in [2.45, 2.75) is 32.1 Å². The Morgan fingerprint density at radius 1 is 0.917 bits per heavy atom. The minimum Gasteiger partial charge on any atom is -0.330 e. The van der Waals surface area contributed by atoms with Crippen LogP contribution in [0.5, 0.6) is 0 Å². The fraction of sp³-hybridized carbons (Fsp3) is 0.381. The van der Waals surface area contributed by atoms with E-state index in [9.17, 15) is 4.79 Å². The summed E-state index contributed by atoms with van der Waals surface area (Å²) in [5.74, 6) is 0.640. The largest absolute Gasteiger partial charge is 0.330 e. The molecular weight excluding hydrogens is 296 g/mol. The number of hydrogen-bond donors (Lipinski definition) is 2. The second kappa shape index (κ2) is 7.73. The van der Waals surface area contributed by atoms with Gasteiger partial charge < -0.3 is 11.5 Å². The highest BCUT2D eigenvalue weighted by atomic mass is 16.1. The lowest BCUT2D eigenvalue weighted by atomic mass is 9.82. The van der Waals surface area contributed by atoms with Crippen LogP contribution in [0.4, 0.5) is 0 Å². The van der Waals surface area contributed by atoms with Gasteiger partial charge in [0.15, 0.2) is 5.78 Å². The van der Waals surface area contributed by atoms with Gasteiger partial charge in [0.1, 0.15) is 0 Å². The number of carbonyl (C=O) groups is 1. The number of allylic oxidation sites excluding steroid dienone is 1. The minimum absolute atomic E-state index is 0.181. The summed E-state index contributed by atoms with van der Waals surface area (Å²) < 4.78 is 0. The van der Waals surface area contributed by atoms with E-state index in [2.05, 4.69) is 30.3 Å². The molecule has 0 aromatic heterocycles. The molecule has 2 aromatic rings. The second-order valence-electron chi connectivity index (χ2n) is 6.68. The number of benzene rings is 2. The molecule has 0 spiro atoms. The van der Waals surface area contributed by atoms with Crippen molar-refractivity contribution in [3.8, 4) is 0 Å². The van der Waals surface area contributed by atoms with E-state index >= 15 is 0 Å². The van der Waals surface area contributed by atoms with Crippen LogP contribution in [-0.4, -0.2) is 18.9 Å². The maximum Gasteiger partial charge on any atom is 0.189 e. The fourth-order valence-electron chi connectivity index (χ4n) is 3.73. The molecule has 0 amide bonds. The Balaban J connectivity index is 1.87. The third kappa shape index (κ3) is 3.42. The Labute approximate surface area is 143 Å². The monoisotopic (exact) mass is 322 g/mol. The molecule has 3 rings (SSSR count). The van der Waals surface area contributed by atoms with Gasteiger partial charge in [-0.1, -0.05) is 49.2 Å². The highest BCUT2D eigenvalue weighted by Crippen LogP contribution is 2.34. The first-order valence-corrected chi connectivity index (χ1v) is 8.91. The Kier molecular flexibility index (Phi) is 5.44. The number of hydrogen-bond acceptors (Lipinski definition) is 3. The van der Waals surface area contributed by atoms with Crippen LogP contribution in [-0.2, 0) is 0 Å². The molecule has 0 fully saturated rings. The number of carbonyl (C=O) groups excluding carboxylic acids is 1. The van der Waals surface area contributed by atoms with Crippen molar-refractivity contribution >= 4 is 22.6 Å². The molecule has 1 unspecified atom stereocenters.